The maximum absolute atomic E-state index is 13.5. The molecule has 0 unspecified atom stereocenters. The van der Waals surface area contributed by atoms with Gasteiger partial charge in [0.1, 0.15) is 11.6 Å². The molecule has 0 bridgehead atoms. The van der Waals surface area contributed by atoms with E-state index in [9.17, 15) is 4.39 Å². The van der Waals surface area contributed by atoms with Crippen molar-refractivity contribution in [2.24, 2.45) is 10.9 Å². The van der Waals surface area contributed by atoms with E-state index < -0.39 is 0 Å². The summed E-state index contributed by atoms with van der Waals surface area (Å²) in [5.74, 6) is 2.14. The van der Waals surface area contributed by atoms with Crippen LogP contribution in [0.15, 0.2) is 34.5 Å². The number of aromatic amines is 1. The lowest BCUT2D eigenvalue weighted by Crippen LogP contribution is -2.38. The van der Waals surface area contributed by atoms with E-state index in [2.05, 4.69) is 49.2 Å². The number of benzene rings is 1. The fourth-order valence-electron chi connectivity index (χ4n) is 3.55. The standard InChI is InChI=1S/C22H32FN7S.HI/c1-15(2)14-30-20(28-29-22(30)31-4)6-5-10-25-21(24-3)26-11-9-16-13-27-19-8-7-17(23)12-18(16)19;/h7-8,12-13,15,27H,5-6,9-11,14H2,1-4H3,(H2,24,25,26);1H. The summed E-state index contributed by atoms with van der Waals surface area (Å²) in [5, 5.41) is 17.3. The number of H-pyrrole nitrogens is 1. The van der Waals surface area contributed by atoms with Crippen LogP contribution in [0.4, 0.5) is 4.39 Å². The van der Waals surface area contributed by atoms with Gasteiger partial charge in [0.05, 0.1) is 0 Å². The van der Waals surface area contributed by atoms with Crippen molar-refractivity contribution in [3.05, 3.63) is 41.6 Å². The summed E-state index contributed by atoms with van der Waals surface area (Å²) >= 11 is 1.64. The fraction of sp³-hybridized carbons (Fsp3) is 0.500. The predicted octanol–water partition coefficient (Wildman–Crippen LogP) is 4.23. The molecule has 10 heteroatoms. The number of nitrogens with zero attached hydrogens (tertiary/aromatic N) is 4. The highest BCUT2D eigenvalue weighted by Gasteiger charge is 2.12. The minimum atomic E-state index is -0.215. The molecule has 2 heterocycles. The Bertz CT molecular complexity index is 1020. The summed E-state index contributed by atoms with van der Waals surface area (Å²) in [6.45, 7) is 6.85. The molecule has 0 aliphatic rings. The van der Waals surface area contributed by atoms with Crippen molar-refractivity contribution in [2.45, 2.75) is 44.8 Å². The van der Waals surface area contributed by atoms with E-state index in [-0.39, 0.29) is 29.8 Å². The van der Waals surface area contributed by atoms with Crippen molar-refractivity contribution < 1.29 is 4.39 Å². The lowest BCUT2D eigenvalue weighted by molar-refractivity contribution is 0.477. The first-order valence-electron chi connectivity index (χ1n) is 10.7. The fourth-order valence-corrected chi connectivity index (χ4v) is 4.07. The normalized spacial score (nSPS) is 11.8. The van der Waals surface area contributed by atoms with Gasteiger partial charge in [0, 0.05) is 50.2 Å². The van der Waals surface area contributed by atoms with Crippen molar-refractivity contribution in [1.29, 1.82) is 0 Å². The van der Waals surface area contributed by atoms with Crippen molar-refractivity contribution in [3.8, 4) is 0 Å². The highest BCUT2D eigenvalue weighted by Crippen LogP contribution is 2.19. The summed E-state index contributed by atoms with van der Waals surface area (Å²) < 4.78 is 15.8. The summed E-state index contributed by atoms with van der Waals surface area (Å²) in [6, 6.07) is 4.82. The van der Waals surface area contributed by atoms with Gasteiger partial charge in [-0.2, -0.15) is 0 Å². The number of hydrogen-bond donors (Lipinski definition) is 3. The minimum absolute atomic E-state index is 0. The van der Waals surface area contributed by atoms with Crippen LogP contribution in [0.3, 0.4) is 0 Å². The summed E-state index contributed by atoms with van der Waals surface area (Å²) in [6.07, 6.45) is 6.56. The molecule has 0 aliphatic carbocycles. The molecule has 0 amide bonds. The van der Waals surface area contributed by atoms with Crippen LogP contribution in [0.2, 0.25) is 0 Å². The van der Waals surface area contributed by atoms with E-state index in [0.29, 0.717) is 12.5 Å². The van der Waals surface area contributed by atoms with Gasteiger partial charge in [-0.1, -0.05) is 25.6 Å². The lowest BCUT2D eigenvalue weighted by atomic mass is 10.1. The average Bonchev–Trinajstić information content (AvgIpc) is 3.32. The zero-order chi connectivity index (χ0) is 22.2. The molecule has 3 N–H and O–H groups in total. The molecular formula is C22H33FIN7S. The summed E-state index contributed by atoms with van der Waals surface area (Å²) in [7, 11) is 1.76. The number of thioether (sulfide) groups is 1. The molecule has 0 saturated carbocycles. The van der Waals surface area contributed by atoms with Gasteiger partial charge in [0.2, 0.25) is 0 Å². The van der Waals surface area contributed by atoms with Crippen LogP contribution in [-0.2, 0) is 19.4 Å². The van der Waals surface area contributed by atoms with Crippen molar-refractivity contribution >= 4 is 52.6 Å². The molecule has 32 heavy (non-hydrogen) atoms. The number of aromatic nitrogens is 4. The third kappa shape index (κ3) is 7.09. The highest BCUT2D eigenvalue weighted by molar-refractivity contribution is 14.0. The van der Waals surface area contributed by atoms with E-state index in [1.54, 1.807) is 30.9 Å². The Morgan fingerprint density at radius 2 is 2.00 bits per heavy atom. The number of nitrogens with one attached hydrogen (secondary N) is 3. The van der Waals surface area contributed by atoms with Crippen LogP contribution < -0.4 is 10.6 Å². The zero-order valence-corrected chi connectivity index (χ0v) is 22.3. The van der Waals surface area contributed by atoms with Crippen molar-refractivity contribution in [2.75, 3.05) is 26.4 Å². The number of aryl methyl sites for hydroxylation is 1. The molecule has 0 fully saturated rings. The molecule has 2 aromatic heterocycles. The first-order chi connectivity index (χ1) is 15.0. The number of guanidine groups is 1. The van der Waals surface area contributed by atoms with Crippen LogP contribution in [0.25, 0.3) is 10.9 Å². The van der Waals surface area contributed by atoms with E-state index in [0.717, 1.165) is 65.8 Å². The number of halogens is 2. The largest absolute Gasteiger partial charge is 0.361 e. The van der Waals surface area contributed by atoms with E-state index in [4.69, 9.17) is 0 Å². The van der Waals surface area contributed by atoms with Gasteiger partial charge < -0.3 is 20.2 Å². The predicted molar refractivity (Wildman–Crippen MR) is 142 cm³/mol. The number of rotatable bonds is 10. The number of aliphatic imine (C=N–C) groups is 1. The third-order valence-corrected chi connectivity index (χ3v) is 5.70. The molecule has 176 valence electrons. The SMILES string of the molecule is CN=C(NCCCc1nnc(SC)n1CC(C)C)NCCc1c[nH]c2ccc(F)cc12.I. The van der Waals surface area contributed by atoms with Gasteiger partial charge in [-0.25, -0.2) is 4.39 Å². The first-order valence-corrected chi connectivity index (χ1v) is 11.9. The third-order valence-electron chi connectivity index (χ3n) is 5.03. The van der Waals surface area contributed by atoms with Crippen LogP contribution in [0.1, 0.15) is 31.7 Å². The Labute approximate surface area is 210 Å². The van der Waals surface area contributed by atoms with Crippen LogP contribution in [0.5, 0.6) is 0 Å². The second-order valence-electron chi connectivity index (χ2n) is 7.89. The van der Waals surface area contributed by atoms with Crippen LogP contribution in [-0.4, -0.2) is 52.1 Å². The van der Waals surface area contributed by atoms with Crippen molar-refractivity contribution in [3.63, 3.8) is 0 Å². The lowest BCUT2D eigenvalue weighted by Gasteiger charge is -2.13. The molecular weight excluding hydrogens is 540 g/mol. The maximum atomic E-state index is 13.5. The zero-order valence-electron chi connectivity index (χ0n) is 19.1. The first kappa shape index (κ1) is 26.4. The van der Waals surface area contributed by atoms with Crippen molar-refractivity contribution in [1.82, 2.24) is 30.4 Å². The Kier molecular flexibility index (Phi) is 10.8. The Hall–Kier alpha value is -1.82. The Balaban J connectivity index is 0.00000363. The highest BCUT2D eigenvalue weighted by atomic mass is 127. The smallest absolute Gasteiger partial charge is 0.190 e. The van der Waals surface area contributed by atoms with Gasteiger partial charge >= 0.3 is 0 Å². The topological polar surface area (TPSA) is 82.9 Å². The molecule has 3 aromatic rings. The number of hydrogen-bond acceptors (Lipinski definition) is 4. The quantitative estimate of drug-likeness (QED) is 0.111. The molecule has 1 aromatic carbocycles. The van der Waals surface area contributed by atoms with Crippen LogP contribution >= 0.6 is 35.7 Å². The molecule has 0 aliphatic heterocycles. The van der Waals surface area contributed by atoms with Crippen LogP contribution in [0, 0.1) is 11.7 Å². The van der Waals surface area contributed by atoms with Gasteiger partial charge in [-0.15, -0.1) is 34.2 Å². The van der Waals surface area contributed by atoms with E-state index >= 15 is 0 Å². The van der Waals surface area contributed by atoms with Gasteiger partial charge in [0.25, 0.3) is 0 Å². The molecule has 0 atom stereocenters. The average molecular weight is 574 g/mol. The van der Waals surface area contributed by atoms with Gasteiger partial charge in [-0.3, -0.25) is 4.99 Å². The Morgan fingerprint density at radius 3 is 2.72 bits per heavy atom. The molecule has 0 spiro atoms. The number of fused-ring (bicyclic) bond motifs is 1. The molecule has 0 radical (unpaired) electrons. The summed E-state index contributed by atoms with van der Waals surface area (Å²) in [4.78, 5) is 7.48. The molecule has 0 saturated heterocycles. The maximum Gasteiger partial charge on any atom is 0.190 e. The summed E-state index contributed by atoms with van der Waals surface area (Å²) in [5.41, 5.74) is 2.04. The molecule has 3 rings (SSSR count). The second kappa shape index (κ2) is 13.0. The van der Waals surface area contributed by atoms with E-state index in [1.165, 1.54) is 6.07 Å². The van der Waals surface area contributed by atoms with E-state index in [1.807, 2.05) is 12.5 Å². The van der Waals surface area contributed by atoms with Gasteiger partial charge in [0.15, 0.2) is 11.1 Å². The minimum Gasteiger partial charge on any atom is -0.361 e. The Morgan fingerprint density at radius 1 is 1.22 bits per heavy atom. The molecule has 7 nitrogen and oxygen atoms in total. The van der Waals surface area contributed by atoms with Gasteiger partial charge in [-0.05, 0) is 48.8 Å². The monoisotopic (exact) mass is 573 g/mol. The second-order valence-corrected chi connectivity index (χ2v) is 8.66.